The topological polar surface area (TPSA) is 92.4 Å². The fourth-order valence-electron chi connectivity index (χ4n) is 2.33. The number of nitrogens with one attached hydrogen (secondary N) is 1. The van der Waals surface area contributed by atoms with Crippen LogP contribution in [0.4, 0.5) is 13.2 Å². The van der Waals surface area contributed by atoms with Crippen molar-refractivity contribution in [2.45, 2.75) is 24.7 Å². The molecule has 138 valence electrons. The van der Waals surface area contributed by atoms with Gasteiger partial charge in [-0.3, -0.25) is 9.59 Å². The second-order valence-corrected chi connectivity index (χ2v) is 5.68. The maximum atomic E-state index is 12.6. The minimum absolute atomic E-state index is 0.0965. The number of halogens is 3. The monoisotopic (exact) mass is 366 g/mol. The first-order chi connectivity index (χ1) is 12.2. The normalized spacial score (nSPS) is 13.7. The smallest absolute Gasteiger partial charge is 0.378 e. The summed E-state index contributed by atoms with van der Waals surface area (Å²) in [5.41, 5.74) is 5.16. The molecule has 5 nitrogen and oxygen atoms in total. The number of hydrogen-bond donors (Lipinski definition) is 3. The van der Waals surface area contributed by atoms with E-state index >= 15 is 0 Å². The van der Waals surface area contributed by atoms with E-state index in [-0.39, 0.29) is 6.42 Å². The molecule has 4 N–H and O–H groups in total. The van der Waals surface area contributed by atoms with Crippen molar-refractivity contribution in [3.05, 3.63) is 71.3 Å². The lowest BCUT2D eigenvalue weighted by molar-refractivity contribution is -0.137. The molecule has 2 aromatic rings. The molecule has 26 heavy (non-hydrogen) atoms. The molecule has 0 unspecified atom stereocenters. The van der Waals surface area contributed by atoms with Crippen LogP contribution in [0.5, 0.6) is 0 Å². The van der Waals surface area contributed by atoms with Crippen molar-refractivity contribution >= 4 is 11.8 Å². The Morgan fingerprint density at radius 3 is 2.12 bits per heavy atom. The molecule has 0 spiro atoms. The molecular weight excluding hydrogens is 349 g/mol. The molecule has 0 aromatic heterocycles. The van der Waals surface area contributed by atoms with Crippen LogP contribution in [0.3, 0.4) is 0 Å². The Balaban J connectivity index is 2.07. The van der Waals surface area contributed by atoms with Crippen molar-refractivity contribution in [2.75, 3.05) is 0 Å². The van der Waals surface area contributed by atoms with E-state index in [9.17, 15) is 27.9 Å². The largest absolute Gasteiger partial charge is 0.416 e. The fraction of sp³-hybridized carbons (Fsp3) is 0.222. The fourth-order valence-corrected chi connectivity index (χ4v) is 2.33. The number of hydrogen-bond acceptors (Lipinski definition) is 3. The molecule has 2 atom stereocenters. The van der Waals surface area contributed by atoms with Crippen molar-refractivity contribution in [3.63, 3.8) is 0 Å². The van der Waals surface area contributed by atoms with E-state index in [1.54, 1.807) is 30.3 Å². The molecule has 2 amide bonds. The van der Waals surface area contributed by atoms with Gasteiger partial charge < -0.3 is 16.2 Å². The van der Waals surface area contributed by atoms with Crippen LogP contribution in [0, 0.1) is 0 Å². The van der Waals surface area contributed by atoms with Gasteiger partial charge in [0.05, 0.1) is 5.56 Å². The molecule has 0 saturated heterocycles. The highest BCUT2D eigenvalue weighted by Gasteiger charge is 2.30. The summed E-state index contributed by atoms with van der Waals surface area (Å²) in [6, 6.07) is 11.1. The quantitative estimate of drug-likeness (QED) is 0.730. The van der Waals surface area contributed by atoms with Gasteiger partial charge in [0.25, 0.3) is 5.91 Å². The molecule has 2 rings (SSSR count). The maximum absolute atomic E-state index is 12.6. The van der Waals surface area contributed by atoms with Crippen molar-refractivity contribution in [2.24, 2.45) is 5.73 Å². The SMILES string of the molecule is NC(=O)[C@H](Cc1ccc(C(F)(F)F)cc1)NC(=O)[C@@H](O)c1ccccc1. The summed E-state index contributed by atoms with van der Waals surface area (Å²) in [6.07, 6.45) is -6.05. The van der Waals surface area contributed by atoms with Gasteiger partial charge in [-0.05, 0) is 23.3 Å². The Morgan fingerprint density at radius 2 is 1.62 bits per heavy atom. The number of rotatable bonds is 6. The Labute approximate surface area is 147 Å². The van der Waals surface area contributed by atoms with Crippen LogP contribution in [0.2, 0.25) is 0 Å². The number of alkyl halides is 3. The summed E-state index contributed by atoms with van der Waals surface area (Å²) >= 11 is 0. The van der Waals surface area contributed by atoms with Crippen LogP contribution < -0.4 is 11.1 Å². The summed E-state index contributed by atoms with van der Waals surface area (Å²) in [7, 11) is 0. The molecule has 0 heterocycles. The first-order valence-electron chi connectivity index (χ1n) is 7.67. The molecule has 8 heteroatoms. The highest BCUT2D eigenvalue weighted by Crippen LogP contribution is 2.29. The third kappa shape index (κ3) is 5.06. The molecular formula is C18H17F3N2O3. The molecule has 0 saturated carbocycles. The number of primary amides is 1. The zero-order valence-corrected chi connectivity index (χ0v) is 13.5. The van der Waals surface area contributed by atoms with E-state index in [1.165, 1.54) is 12.1 Å². The standard InChI is InChI=1S/C18H17F3N2O3/c19-18(20,21)13-8-6-11(7-9-13)10-14(16(22)25)23-17(26)15(24)12-4-2-1-3-5-12/h1-9,14-15,24H,10H2,(H2,22,25)(H,23,26)/t14-,15-/m0/s1. The lowest BCUT2D eigenvalue weighted by Crippen LogP contribution is -2.47. The first-order valence-corrected chi connectivity index (χ1v) is 7.67. The van der Waals surface area contributed by atoms with E-state index in [4.69, 9.17) is 5.73 Å². The number of amides is 2. The molecule has 0 radical (unpaired) electrons. The van der Waals surface area contributed by atoms with Gasteiger partial charge in [-0.1, -0.05) is 42.5 Å². The number of carbonyl (C=O) groups is 2. The lowest BCUT2D eigenvalue weighted by Gasteiger charge is -2.18. The predicted molar refractivity (Wildman–Crippen MR) is 87.7 cm³/mol. The van der Waals surface area contributed by atoms with Gasteiger partial charge in [0.1, 0.15) is 6.04 Å². The average molecular weight is 366 g/mol. The Hall–Kier alpha value is -2.87. The summed E-state index contributed by atoms with van der Waals surface area (Å²) in [5.74, 6) is -1.69. The number of aliphatic hydroxyl groups is 1. The van der Waals surface area contributed by atoms with E-state index < -0.39 is 35.7 Å². The highest BCUT2D eigenvalue weighted by atomic mass is 19.4. The summed E-state index contributed by atoms with van der Waals surface area (Å²) in [6.45, 7) is 0. The number of benzene rings is 2. The van der Waals surface area contributed by atoms with Gasteiger partial charge in [-0.15, -0.1) is 0 Å². The van der Waals surface area contributed by atoms with Crippen LogP contribution in [0.25, 0.3) is 0 Å². The van der Waals surface area contributed by atoms with Crippen molar-refractivity contribution in [1.82, 2.24) is 5.32 Å². The third-order valence-corrected chi connectivity index (χ3v) is 3.74. The number of carbonyl (C=O) groups excluding carboxylic acids is 2. The van der Waals surface area contributed by atoms with Crippen molar-refractivity contribution in [3.8, 4) is 0 Å². The lowest BCUT2D eigenvalue weighted by atomic mass is 10.0. The van der Waals surface area contributed by atoms with E-state index in [0.29, 0.717) is 11.1 Å². The van der Waals surface area contributed by atoms with Crippen LogP contribution in [0.1, 0.15) is 22.8 Å². The van der Waals surface area contributed by atoms with Gasteiger partial charge in [0.2, 0.25) is 5.91 Å². The third-order valence-electron chi connectivity index (χ3n) is 3.74. The summed E-state index contributed by atoms with van der Waals surface area (Å²) in [4.78, 5) is 23.7. The van der Waals surface area contributed by atoms with Crippen LogP contribution in [-0.4, -0.2) is 23.0 Å². The van der Waals surface area contributed by atoms with Gasteiger partial charge >= 0.3 is 6.18 Å². The minimum Gasteiger partial charge on any atom is -0.378 e. The molecule has 0 fully saturated rings. The molecule has 2 aromatic carbocycles. The van der Waals surface area contributed by atoms with E-state index in [0.717, 1.165) is 12.1 Å². The van der Waals surface area contributed by atoms with Gasteiger partial charge in [0.15, 0.2) is 6.10 Å². The summed E-state index contributed by atoms with van der Waals surface area (Å²) in [5, 5.41) is 12.3. The molecule has 0 bridgehead atoms. The molecule has 0 aliphatic rings. The van der Waals surface area contributed by atoms with Crippen LogP contribution in [0.15, 0.2) is 54.6 Å². The van der Waals surface area contributed by atoms with Crippen molar-refractivity contribution in [1.29, 1.82) is 0 Å². The zero-order chi connectivity index (χ0) is 19.3. The second-order valence-electron chi connectivity index (χ2n) is 5.68. The average Bonchev–Trinajstić information content (AvgIpc) is 2.60. The Morgan fingerprint density at radius 1 is 1.04 bits per heavy atom. The number of nitrogens with two attached hydrogens (primary N) is 1. The second kappa shape index (κ2) is 8.01. The van der Waals surface area contributed by atoms with E-state index in [2.05, 4.69) is 5.32 Å². The van der Waals surface area contributed by atoms with Gasteiger partial charge in [-0.25, -0.2) is 0 Å². The molecule has 0 aliphatic heterocycles. The first kappa shape index (κ1) is 19.5. The van der Waals surface area contributed by atoms with Gasteiger partial charge in [-0.2, -0.15) is 13.2 Å². The highest BCUT2D eigenvalue weighted by molar-refractivity contribution is 5.89. The van der Waals surface area contributed by atoms with Crippen LogP contribution in [-0.2, 0) is 22.2 Å². The zero-order valence-electron chi connectivity index (χ0n) is 13.5. The van der Waals surface area contributed by atoms with Crippen molar-refractivity contribution < 1.29 is 27.9 Å². The Kier molecular flexibility index (Phi) is 5.99. The number of aliphatic hydroxyl groups excluding tert-OH is 1. The Bertz CT molecular complexity index is 762. The van der Waals surface area contributed by atoms with E-state index in [1.807, 2.05) is 0 Å². The predicted octanol–water partition coefficient (Wildman–Crippen LogP) is 1.95. The van der Waals surface area contributed by atoms with Gasteiger partial charge in [0, 0.05) is 6.42 Å². The van der Waals surface area contributed by atoms with Crippen LogP contribution >= 0.6 is 0 Å². The summed E-state index contributed by atoms with van der Waals surface area (Å²) < 4.78 is 37.7. The molecule has 0 aliphatic carbocycles. The maximum Gasteiger partial charge on any atom is 0.416 e. The minimum atomic E-state index is -4.46.